The summed E-state index contributed by atoms with van der Waals surface area (Å²) in [6.07, 6.45) is 11.5. The topological polar surface area (TPSA) is 0 Å². The van der Waals surface area contributed by atoms with Gasteiger partial charge in [0.1, 0.15) is 0 Å². The van der Waals surface area contributed by atoms with Crippen LogP contribution >= 0.6 is 0 Å². The maximum absolute atomic E-state index is 13.6. The second kappa shape index (κ2) is 8.31. The molecule has 1 fully saturated rings. The SMILES string of the molecule is CCC[C@H]1CC[C@H](C2CCc3cc(-c4cc(F)c(F)c(F)c4)ccc3C2)CC1. The molecular formula is C25H29F3. The Bertz CT molecular complexity index is 811. The minimum atomic E-state index is -1.40. The van der Waals surface area contributed by atoms with Crippen LogP contribution in [0.1, 0.15) is 63.0 Å². The summed E-state index contributed by atoms with van der Waals surface area (Å²) in [5, 5.41) is 0. The van der Waals surface area contributed by atoms with Gasteiger partial charge in [-0.25, -0.2) is 13.2 Å². The molecule has 4 rings (SSSR count). The second-order valence-corrected chi connectivity index (χ2v) is 8.81. The van der Waals surface area contributed by atoms with E-state index in [9.17, 15) is 13.2 Å². The van der Waals surface area contributed by atoms with Crippen molar-refractivity contribution < 1.29 is 13.2 Å². The number of hydrogen-bond acceptors (Lipinski definition) is 0. The van der Waals surface area contributed by atoms with Crippen molar-refractivity contribution in [2.45, 2.75) is 64.7 Å². The van der Waals surface area contributed by atoms with Crippen LogP contribution in [-0.2, 0) is 12.8 Å². The van der Waals surface area contributed by atoms with Gasteiger partial charge in [0.25, 0.3) is 0 Å². The van der Waals surface area contributed by atoms with Gasteiger partial charge in [0, 0.05) is 0 Å². The summed E-state index contributed by atoms with van der Waals surface area (Å²) in [6, 6.07) is 8.24. The van der Waals surface area contributed by atoms with Gasteiger partial charge in [0.2, 0.25) is 0 Å². The van der Waals surface area contributed by atoms with Crippen molar-refractivity contribution in [1.29, 1.82) is 0 Å². The summed E-state index contributed by atoms with van der Waals surface area (Å²) in [4.78, 5) is 0. The summed E-state index contributed by atoms with van der Waals surface area (Å²) >= 11 is 0. The Morgan fingerprint density at radius 3 is 2.18 bits per heavy atom. The van der Waals surface area contributed by atoms with Crippen molar-refractivity contribution in [3.63, 3.8) is 0 Å². The lowest BCUT2D eigenvalue weighted by Crippen LogP contribution is -2.26. The van der Waals surface area contributed by atoms with Crippen LogP contribution in [0.3, 0.4) is 0 Å². The first-order valence-electron chi connectivity index (χ1n) is 10.8. The van der Waals surface area contributed by atoms with Gasteiger partial charge >= 0.3 is 0 Å². The fourth-order valence-electron chi connectivity index (χ4n) is 5.44. The molecule has 1 unspecified atom stereocenters. The van der Waals surface area contributed by atoms with Crippen LogP contribution in [0, 0.1) is 35.2 Å². The van der Waals surface area contributed by atoms with Crippen LogP contribution in [0.15, 0.2) is 30.3 Å². The van der Waals surface area contributed by atoms with Gasteiger partial charge < -0.3 is 0 Å². The first kappa shape index (κ1) is 19.5. The number of rotatable bonds is 4. The van der Waals surface area contributed by atoms with E-state index in [1.54, 1.807) is 0 Å². The van der Waals surface area contributed by atoms with Gasteiger partial charge in [-0.3, -0.25) is 0 Å². The van der Waals surface area contributed by atoms with E-state index >= 15 is 0 Å². The van der Waals surface area contributed by atoms with Crippen molar-refractivity contribution >= 4 is 0 Å². The number of benzene rings is 2. The highest BCUT2D eigenvalue weighted by atomic mass is 19.2. The lowest BCUT2D eigenvalue weighted by Gasteiger charge is -2.36. The molecule has 1 saturated carbocycles. The van der Waals surface area contributed by atoms with Gasteiger partial charge in [-0.2, -0.15) is 0 Å². The zero-order chi connectivity index (χ0) is 19.7. The van der Waals surface area contributed by atoms with Gasteiger partial charge in [0.05, 0.1) is 0 Å². The van der Waals surface area contributed by atoms with Crippen molar-refractivity contribution in [2.75, 3.05) is 0 Å². The molecule has 2 aliphatic carbocycles. The molecule has 0 N–H and O–H groups in total. The first-order valence-corrected chi connectivity index (χ1v) is 10.8. The molecule has 1 atom stereocenters. The number of fused-ring (bicyclic) bond motifs is 1. The Hall–Kier alpha value is -1.77. The summed E-state index contributed by atoms with van der Waals surface area (Å²) in [7, 11) is 0. The summed E-state index contributed by atoms with van der Waals surface area (Å²) < 4.78 is 40.4. The molecule has 0 nitrogen and oxygen atoms in total. The average Bonchev–Trinajstić information content (AvgIpc) is 2.71. The molecule has 0 bridgehead atoms. The molecule has 0 heterocycles. The minimum absolute atomic E-state index is 0.399. The highest BCUT2D eigenvalue weighted by Gasteiger charge is 2.30. The van der Waals surface area contributed by atoms with E-state index in [1.807, 2.05) is 12.1 Å². The van der Waals surface area contributed by atoms with E-state index < -0.39 is 17.5 Å². The fourth-order valence-corrected chi connectivity index (χ4v) is 5.44. The maximum atomic E-state index is 13.6. The highest BCUT2D eigenvalue weighted by molar-refractivity contribution is 5.65. The molecule has 150 valence electrons. The molecule has 0 spiro atoms. The molecular weight excluding hydrogens is 357 g/mol. The molecule has 2 aliphatic rings. The molecule has 0 amide bonds. The fraction of sp³-hybridized carbons (Fsp3) is 0.520. The largest absolute Gasteiger partial charge is 0.204 e. The monoisotopic (exact) mass is 386 g/mol. The zero-order valence-corrected chi connectivity index (χ0v) is 16.6. The van der Waals surface area contributed by atoms with E-state index in [-0.39, 0.29) is 0 Å². The molecule has 0 aromatic heterocycles. The van der Waals surface area contributed by atoms with Crippen molar-refractivity contribution in [3.05, 3.63) is 58.9 Å². The van der Waals surface area contributed by atoms with Crippen LogP contribution < -0.4 is 0 Å². The zero-order valence-electron chi connectivity index (χ0n) is 16.6. The normalized spacial score (nSPS) is 24.8. The Kier molecular flexibility index (Phi) is 5.80. The van der Waals surface area contributed by atoms with E-state index in [1.165, 1.54) is 56.1 Å². The van der Waals surface area contributed by atoms with Crippen LogP contribution in [0.5, 0.6) is 0 Å². The quantitative estimate of drug-likeness (QED) is 0.478. The van der Waals surface area contributed by atoms with Gasteiger partial charge in [-0.1, -0.05) is 50.8 Å². The van der Waals surface area contributed by atoms with Gasteiger partial charge in [-0.05, 0) is 84.2 Å². The third kappa shape index (κ3) is 3.99. The standard InChI is InChI=1S/C25H29F3/c1-2-3-16-4-6-17(7-5-16)18-8-9-20-13-21(11-10-19(20)12-18)22-14-23(26)25(28)24(27)15-22/h10-11,13-18H,2-9,12H2,1H3/t16-,17-,18?. The van der Waals surface area contributed by atoms with E-state index in [0.29, 0.717) is 5.56 Å². The molecule has 0 radical (unpaired) electrons. The van der Waals surface area contributed by atoms with Gasteiger partial charge in [-0.15, -0.1) is 0 Å². The van der Waals surface area contributed by atoms with Crippen LogP contribution in [-0.4, -0.2) is 0 Å². The van der Waals surface area contributed by atoms with E-state index in [4.69, 9.17) is 0 Å². The van der Waals surface area contributed by atoms with E-state index in [2.05, 4.69) is 13.0 Å². The number of hydrogen-bond donors (Lipinski definition) is 0. The molecule has 2 aromatic rings. The van der Waals surface area contributed by atoms with E-state index in [0.717, 1.165) is 48.3 Å². The molecule has 2 aromatic carbocycles. The van der Waals surface area contributed by atoms with Crippen molar-refractivity contribution in [1.82, 2.24) is 0 Å². The average molecular weight is 387 g/mol. The number of aryl methyl sites for hydroxylation is 1. The Labute approximate surface area is 166 Å². The van der Waals surface area contributed by atoms with Crippen molar-refractivity contribution in [3.8, 4) is 11.1 Å². The Balaban J connectivity index is 1.46. The molecule has 0 aliphatic heterocycles. The lowest BCUT2D eigenvalue weighted by atomic mass is 9.69. The third-order valence-electron chi connectivity index (χ3n) is 7.04. The highest BCUT2D eigenvalue weighted by Crippen LogP contribution is 2.41. The summed E-state index contributed by atoms with van der Waals surface area (Å²) in [6.45, 7) is 2.28. The number of halogens is 3. The van der Waals surface area contributed by atoms with Crippen LogP contribution in [0.25, 0.3) is 11.1 Å². The molecule has 3 heteroatoms. The summed E-state index contributed by atoms with van der Waals surface area (Å²) in [5.41, 5.74) is 3.81. The van der Waals surface area contributed by atoms with Crippen molar-refractivity contribution in [2.24, 2.45) is 17.8 Å². The predicted molar refractivity (Wildman–Crippen MR) is 108 cm³/mol. The predicted octanol–water partition coefficient (Wildman–Crippen LogP) is 7.48. The third-order valence-corrected chi connectivity index (χ3v) is 7.04. The van der Waals surface area contributed by atoms with Crippen LogP contribution in [0.4, 0.5) is 13.2 Å². The summed E-state index contributed by atoms with van der Waals surface area (Å²) in [5.74, 6) is -1.12. The smallest absolute Gasteiger partial charge is 0.194 e. The van der Waals surface area contributed by atoms with Gasteiger partial charge in [0.15, 0.2) is 17.5 Å². The maximum Gasteiger partial charge on any atom is 0.194 e. The molecule has 0 saturated heterocycles. The second-order valence-electron chi connectivity index (χ2n) is 8.81. The van der Waals surface area contributed by atoms with Crippen LogP contribution in [0.2, 0.25) is 0 Å². The first-order chi connectivity index (χ1) is 13.5. The minimum Gasteiger partial charge on any atom is -0.204 e. The molecule has 28 heavy (non-hydrogen) atoms. The Morgan fingerprint density at radius 2 is 1.50 bits per heavy atom. The Morgan fingerprint density at radius 1 is 0.786 bits per heavy atom. The lowest BCUT2D eigenvalue weighted by molar-refractivity contribution is 0.184.